The van der Waals surface area contributed by atoms with Gasteiger partial charge in [-0.05, 0) is 53.9 Å². The molecule has 0 unspecified atom stereocenters. The molecule has 0 saturated heterocycles. The van der Waals surface area contributed by atoms with Crippen molar-refractivity contribution in [1.82, 2.24) is 19.8 Å². The summed E-state index contributed by atoms with van der Waals surface area (Å²) in [5.41, 5.74) is 3.29. The summed E-state index contributed by atoms with van der Waals surface area (Å²) >= 11 is 11.1. The number of carbonyl (C=O) groups is 1. The summed E-state index contributed by atoms with van der Waals surface area (Å²) in [7, 11) is 0. The number of aromatic nitrogens is 4. The molecule has 0 radical (unpaired) electrons. The van der Waals surface area contributed by atoms with Gasteiger partial charge in [0.2, 0.25) is 0 Å². The largest absolute Gasteiger partial charge is 0.322 e. The Kier molecular flexibility index (Phi) is 5.27. The molecule has 1 N–H and O–H groups in total. The van der Waals surface area contributed by atoms with Crippen LogP contribution in [0.1, 0.15) is 10.4 Å². The minimum atomic E-state index is -0.286. The molecule has 6 nitrogen and oxygen atoms in total. The fourth-order valence-electron chi connectivity index (χ4n) is 3.13. The third-order valence-corrected chi connectivity index (χ3v) is 6.28. The van der Waals surface area contributed by atoms with Crippen LogP contribution in [-0.4, -0.2) is 25.7 Å². The summed E-state index contributed by atoms with van der Waals surface area (Å²) in [6, 6.07) is 20.4. The van der Waals surface area contributed by atoms with Crippen molar-refractivity contribution in [3.05, 3.63) is 87.2 Å². The van der Waals surface area contributed by atoms with Crippen LogP contribution in [0.15, 0.2) is 76.6 Å². The van der Waals surface area contributed by atoms with E-state index in [0.29, 0.717) is 27.7 Å². The van der Waals surface area contributed by atoms with Gasteiger partial charge < -0.3 is 5.32 Å². The lowest BCUT2D eigenvalue weighted by Gasteiger charge is -2.09. The molecule has 0 saturated carbocycles. The number of carbonyl (C=O) groups excluding carboxylic acids is 1. The normalized spacial score (nSPS) is 11.0. The minimum Gasteiger partial charge on any atom is -0.322 e. The molecule has 2 aromatic carbocycles. The zero-order valence-electron chi connectivity index (χ0n) is 15.8. The highest BCUT2D eigenvalue weighted by Crippen LogP contribution is 2.26. The van der Waals surface area contributed by atoms with E-state index in [4.69, 9.17) is 16.7 Å². The molecular formula is C22H13BrClN5OS. The number of hydrogen-bond donors (Lipinski definition) is 1. The van der Waals surface area contributed by atoms with Gasteiger partial charge in [0, 0.05) is 15.7 Å². The van der Waals surface area contributed by atoms with Crippen LogP contribution in [0.5, 0.6) is 0 Å². The molecule has 31 heavy (non-hydrogen) atoms. The van der Waals surface area contributed by atoms with E-state index in [9.17, 15) is 4.79 Å². The first-order chi connectivity index (χ1) is 15.1. The van der Waals surface area contributed by atoms with Gasteiger partial charge in [0.15, 0.2) is 11.5 Å². The van der Waals surface area contributed by atoms with Gasteiger partial charge in [0.25, 0.3) is 5.91 Å². The van der Waals surface area contributed by atoms with Gasteiger partial charge in [-0.15, -0.1) is 21.5 Å². The molecular weight excluding hydrogens is 498 g/mol. The van der Waals surface area contributed by atoms with Gasteiger partial charge in [-0.1, -0.05) is 45.7 Å². The second kappa shape index (κ2) is 8.22. The smallest absolute Gasteiger partial charge is 0.257 e. The second-order valence-electron chi connectivity index (χ2n) is 6.65. The van der Waals surface area contributed by atoms with Gasteiger partial charge in [-0.2, -0.15) is 9.61 Å². The number of rotatable bonds is 4. The number of hydrogen-bond acceptors (Lipinski definition) is 5. The number of halogens is 2. The van der Waals surface area contributed by atoms with E-state index in [0.717, 1.165) is 20.6 Å². The summed E-state index contributed by atoms with van der Waals surface area (Å²) in [5, 5.41) is 18.5. The summed E-state index contributed by atoms with van der Waals surface area (Å²) in [5.74, 6) is 0.409. The average molecular weight is 511 g/mol. The predicted octanol–water partition coefficient (Wildman–Crippen LogP) is 6.19. The standard InChI is InChI=1S/C22H13BrClN5OS/c23-14-6-7-17(24)16(12-14)22(30)25-15-4-1-3-13(11-15)18-8-9-20-26-27-21(29(20)28-18)19-5-2-10-31-19/h1-12H,(H,25,30). The van der Waals surface area contributed by atoms with Crippen LogP contribution in [0.2, 0.25) is 5.02 Å². The third-order valence-electron chi connectivity index (χ3n) is 4.59. The first-order valence-corrected chi connectivity index (χ1v) is 11.3. The molecule has 0 bridgehead atoms. The highest BCUT2D eigenvalue weighted by Gasteiger charge is 2.14. The molecule has 0 spiro atoms. The summed E-state index contributed by atoms with van der Waals surface area (Å²) in [4.78, 5) is 13.7. The minimum absolute atomic E-state index is 0.286. The molecule has 0 aliphatic heterocycles. The van der Waals surface area contributed by atoms with Crippen LogP contribution < -0.4 is 5.32 Å². The first kappa shape index (κ1) is 19.9. The summed E-state index contributed by atoms with van der Waals surface area (Å²) in [6.07, 6.45) is 0. The average Bonchev–Trinajstić information content (AvgIpc) is 3.44. The third kappa shape index (κ3) is 3.97. The second-order valence-corrected chi connectivity index (χ2v) is 8.92. The lowest BCUT2D eigenvalue weighted by atomic mass is 10.1. The van der Waals surface area contributed by atoms with Crippen molar-refractivity contribution < 1.29 is 4.79 Å². The van der Waals surface area contributed by atoms with E-state index >= 15 is 0 Å². The van der Waals surface area contributed by atoms with Crippen molar-refractivity contribution in [2.75, 3.05) is 5.32 Å². The van der Waals surface area contributed by atoms with Crippen molar-refractivity contribution in [1.29, 1.82) is 0 Å². The van der Waals surface area contributed by atoms with E-state index in [-0.39, 0.29) is 5.91 Å². The molecule has 5 aromatic rings. The molecule has 0 aliphatic carbocycles. The van der Waals surface area contributed by atoms with Crippen molar-refractivity contribution >= 4 is 56.1 Å². The topological polar surface area (TPSA) is 72.2 Å². The van der Waals surface area contributed by atoms with Crippen molar-refractivity contribution in [3.63, 3.8) is 0 Å². The Bertz CT molecular complexity index is 1420. The Morgan fingerprint density at radius 1 is 1.03 bits per heavy atom. The monoisotopic (exact) mass is 509 g/mol. The predicted molar refractivity (Wildman–Crippen MR) is 127 cm³/mol. The first-order valence-electron chi connectivity index (χ1n) is 9.22. The SMILES string of the molecule is O=C(Nc1cccc(-c2ccc3nnc(-c4cccs4)n3n2)c1)c1cc(Br)ccc1Cl. The van der Waals surface area contributed by atoms with Gasteiger partial charge in [-0.25, -0.2) is 0 Å². The molecule has 1 amide bonds. The van der Waals surface area contributed by atoms with E-state index in [1.54, 1.807) is 34.1 Å². The maximum Gasteiger partial charge on any atom is 0.257 e. The Labute approximate surface area is 194 Å². The van der Waals surface area contributed by atoms with Crippen molar-refractivity contribution in [3.8, 4) is 22.0 Å². The van der Waals surface area contributed by atoms with Crippen molar-refractivity contribution in [2.24, 2.45) is 0 Å². The molecule has 0 aliphatic rings. The van der Waals surface area contributed by atoms with Crippen LogP contribution in [-0.2, 0) is 0 Å². The Hall–Kier alpha value is -3.07. The zero-order valence-corrected chi connectivity index (χ0v) is 18.9. The van der Waals surface area contributed by atoms with Crippen LogP contribution in [0, 0.1) is 0 Å². The van der Waals surface area contributed by atoms with Gasteiger partial charge in [0.1, 0.15) is 0 Å². The molecule has 3 heterocycles. The van der Waals surface area contributed by atoms with E-state index < -0.39 is 0 Å². The van der Waals surface area contributed by atoms with Crippen LogP contribution in [0.25, 0.3) is 27.6 Å². The Balaban J connectivity index is 1.47. The van der Waals surface area contributed by atoms with Gasteiger partial charge in [0.05, 0.1) is 21.2 Å². The number of fused-ring (bicyclic) bond motifs is 1. The number of thiophene rings is 1. The molecule has 0 atom stereocenters. The Morgan fingerprint density at radius 3 is 2.77 bits per heavy atom. The number of nitrogens with one attached hydrogen (secondary N) is 1. The molecule has 152 valence electrons. The van der Waals surface area contributed by atoms with Gasteiger partial charge >= 0.3 is 0 Å². The van der Waals surface area contributed by atoms with E-state index in [1.165, 1.54) is 0 Å². The van der Waals surface area contributed by atoms with Gasteiger partial charge in [-0.3, -0.25) is 4.79 Å². The quantitative estimate of drug-likeness (QED) is 0.313. The highest BCUT2D eigenvalue weighted by molar-refractivity contribution is 9.10. The molecule has 9 heteroatoms. The molecule has 5 rings (SSSR count). The Morgan fingerprint density at radius 2 is 1.94 bits per heavy atom. The van der Waals surface area contributed by atoms with Crippen molar-refractivity contribution in [2.45, 2.75) is 0 Å². The number of anilines is 1. The lowest BCUT2D eigenvalue weighted by molar-refractivity contribution is 0.102. The summed E-state index contributed by atoms with van der Waals surface area (Å²) < 4.78 is 2.51. The molecule has 0 fully saturated rings. The zero-order chi connectivity index (χ0) is 21.4. The number of nitrogens with zero attached hydrogens (tertiary/aromatic N) is 4. The van der Waals surface area contributed by atoms with Crippen LogP contribution in [0.3, 0.4) is 0 Å². The maximum absolute atomic E-state index is 12.7. The number of amides is 1. The molecule has 3 aromatic heterocycles. The lowest BCUT2D eigenvalue weighted by Crippen LogP contribution is -2.12. The fourth-order valence-corrected chi connectivity index (χ4v) is 4.39. The van der Waals surface area contributed by atoms with E-state index in [1.807, 2.05) is 53.9 Å². The fraction of sp³-hybridized carbons (Fsp3) is 0. The van der Waals surface area contributed by atoms with Crippen LogP contribution in [0.4, 0.5) is 5.69 Å². The number of benzene rings is 2. The highest BCUT2D eigenvalue weighted by atomic mass is 79.9. The maximum atomic E-state index is 12.7. The van der Waals surface area contributed by atoms with Crippen LogP contribution >= 0.6 is 38.9 Å². The summed E-state index contributed by atoms with van der Waals surface area (Å²) in [6.45, 7) is 0. The van der Waals surface area contributed by atoms with E-state index in [2.05, 4.69) is 31.4 Å².